The van der Waals surface area contributed by atoms with Crippen LogP contribution in [0.2, 0.25) is 0 Å². The lowest BCUT2D eigenvalue weighted by atomic mass is 9.93. The molecule has 4 atom stereocenters. The molecule has 4 aromatic rings. The van der Waals surface area contributed by atoms with Crippen LogP contribution in [0.25, 0.3) is 0 Å². The minimum Gasteiger partial charge on any atom is -0.469 e. The summed E-state index contributed by atoms with van der Waals surface area (Å²) >= 11 is 0. The van der Waals surface area contributed by atoms with E-state index in [2.05, 4.69) is 86.6 Å². The van der Waals surface area contributed by atoms with Crippen LogP contribution in [0.1, 0.15) is 60.4 Å². The molecule has 0 bridgehead atoms. The molecule has 0 fully saturated rings. The smallest absolute Gasteiger partial charge is 0.200 e. The van der Waals surface area contributed by atoms with Gasteiger partial charge in [0, 0.05) is 0 Å². The minimum absolute atomic E-state index is 0.144. The predicted octanol–water partition coefficient (Wildman–Crippen LogP) is 7.84. The van der Waals surface area contributed by atoms with Gasteiger partial charge in [-0.2, -0.15) is 0 Å². The number of ether oxygens (including phenoxy) is 2. The third kappa shape index (κ3) is 4.44. The maximum atomic E-state index is 6.66. The van der Waals surface area contributed by atoms with Gasteiger partial charge in [0.1, 0.15) is 17.5 Å². The second kappa shape index (κ2) is 9.70. The fourth-order valence-electron chi connectivity index (χ4n) is 5.11. The molecule has 4 nitrogen and oxygen atoms in total. The number of aliphatic imine (C=N–C) groups is 2. The zero-order valence-corrected chi connectivity index (χ0v) is 21.1. The molecule has 0 saturated heterocycles. The van der Waals surface area contributed by atoms with E-state index in [1.54, 1.807) is 0 Å². The summed E-state index contributed by atoms with van der Waals surface area (Å²) in [6.07, 6.45) is -0.426. The Morgan fingerprint density at radius 2 is 0.757 bits per heavy atom. The van der Waals surface area contributed by atoms with Crippen molar-refractivity contribution >= 4 is 11.8 Å². The van der Waals surface area contributed by atoms with Crippen LogP contribution in [0.15, 0.2) is 131 Å². The maximum absolute atomic E-state index is 6.66. The first-order valence-electron chi connectivity index (χ1n) is 12.8. The van der Waals surface area contributed by atoms with Crippen LogP contribution in [-0.4, -0.2) is 11.8 Å². The van der Waals surface area contributed by atoms with Crippen LogP contribution in [0.5, 0.6) is 0 Å². The molecule has 6 rings (SSSR count). The summed E-state index contributed by atoms with van der Waals surface area (Å²) in [4.78, 5) is 10.3. The van der Waals surface area contributed by atoms with Crippen molar-refractivity contribution in [2.75, 3.05) is 0 Å². The fraction of sp³-hybridized carbons (Fsp3) is 0.212. The molecule has 2 aliphatic heterocycles. The second-order valence-electron chi connectivity index (χ2n) is 10.1. The molecule has 184 valence electrons. The van der Waals surface area contributed by atoms with Crippen LogP contribution in [0.4, 0.5) is 0 Å². The van der Waals surface area contributed by atoms with Gasteiger partial charge in [-0.3, -0.25) is 0 Å². The Hall–Kier alpha value is -4.18. The summed E-state index contributed by atoms with van der Waals surface area (Å²) in [7, 11) is 0. The Bertz CT molecular complexity index is 1290. The molecule has 0 unspecified atom stereocenters. The molecule has 0 aliphatic carbocycles. The molecule has 0 saturated carbocycles. The average molecular weight is 487 g/mol. The van der Waals surface area contributed by atoms with Gasteiger partial charge < -0.3 is 9.47 Å². The highest BCUT2D eigenvalue weighted by Gasteiger charge is 2.47. The van der Waals surface area contributed by atoms with Crippen LogP contribution in [0, 0.1) is 5.41 Å². The summed E-state index contributed by atoms with van der Waals surface area (Å²) < 4.78 is 13.3. The Morgan fingerprint density at radius 1 is 0.459 bits per heavy atom. The van der Waals surface area contributed by atoms with Crippen LogP contribution >= 0.6 is 0 Å². The lowest BCUT2D eigenvalue weighted by Crippen LogP contribution is -2.34. The summed E-state index contributed by atoms with van der Waals surface area (Å²) in [6, 6.07) is 41.1. The highest BCUT2D eigenvalue weighted by molar-refractivity contribution is 6.05. The van der Waals surface area contributed by atoms with Crippen LogP contribution in [-0.2, 0) is 9.47 Å². The molecule has 4 aromatic carbocycles. The van der Waals surface area contributed by atoms with Crippen molar-refractivity contribution in [3.05, 3.63) is 144 Å². The number of hydrogen-bond donors (Lipinski definition) is 0. The molecule has 0 radical (unpaired) electrons. The molecule has 0 spiro atoms. The molecule has 0 amide bonds. The van der Waals surface area contributed by atoms with E-state index >= 15 is 0 Å². The standard InChI is InChI=1S/C33H30N2O2/c1-33(2,31-34-27(23-15-7-3-8-16-23)29(36-31)25-19-11-5-12-20-25)32-35-28(24-17-9-4-10-18-24)30(37-32)26-21-13-6-14-22-26/h3-22,27-30H,1-2H3/t27-,28-,29-,30-/m1/s1. The Morgan fingerprint density at radius 3 is 1.08 bits per heavy atom. The zero-order chi connectivity index (χ0) is 25.2. The van der Waals surface area contributed by atoms with E-state index in [1.165, 1.54) is 0 Å². The zero-order valence-electron chi connectivity index (χ0n) is 21.1. The van der Waals surface area contributed by atoms with E-state index in [1.807, 2.05) is 48.5 Å². The molecule has 37 heavy (non-hydrogen) atoms. The monoisotopic (exact) mass is 486 g/mol. The van der Waals surface area contributed by atoms with Crippen LogP contribution < -0.4 is 0 Å². The van der Waals surface area contributed by atoms with E-state index in [0.29, 0.717) is 11.8 Å². The van der Waals surface area contributed by atoms with Crippen molar-refractivity contribution in [2.24, 2.45) is 15.4 Å². The van der Waals surface area contributed by atoms with Gasteiger partial charge in [-0.25, -0.2) is 9.98 Å². The van der Waals surface area contributed by atoms with Crippen molar-refractivity contribution in [1.82, 2.24) is 0 Å². The predicted molar refractivity (Wildman–Crippen MR) is 148 cm³/mol. The van der Waals surface area contributed by atoms with Crippen molar-refractivity contribution in [2.45, 2.75) is 38.1 Å². The van der Waals surface area contributed by atoms with Crippen molar-refractivity contribution in [3.8, 4) is 0 Å². The molecular formula is C33H30N2O2. The first kappa shape index (κ1) is 23.2. The fourth-order valence-corrected chi connectivity index (χ4v) is 5.11. The molecule has 0 aromatic heterocycles. The minimum atomic E-state index is -0.646. The Balaban J connectivity index is 1.37. The van der Waals surface area contributed by atoms with E-state index in [9.17, 15) is 0 Å². The SMILES string of the molecule is CC(C)(C1=N[C@H](c2ccccc2)[C@@H](c2ccccc2)O1)C1=N[C@H](c2ccccc2)[C@@H](c2ccccc2)O1. The van der Waals surface area contributed by atoms with Crippen molar-refractivity contribution in [3.63, 3.8) is 0 Å². The quantitative estimate of drug-likeness (QED) is 0.279. The van der Waals surface area contributed by atoms with Gasteiger partial charge in [0.05, 0.1) is 0 Å². The van der Waals surface area contributed by atoms with Gasteiger partial charge in [0.15, 0.2) is 24.0 Å². The number of rotatable bonds is 6. The van der Waals surface area contributed by atoms with Gasteiger partial charge in [-0.15, -0.1) is 0 Å². The van der Waals surface area contributed by atoms with Crippen molar-refractivity contribution < 1.29 is 9.47 Å². The highest BCUT2D eigenvalue weighted by Crippen LogP contribution is 2.47. The molecule has 0 N–H and O–H groups in total. The van der Waals surface area contributed by atoms with Gasteiger partial charge in [-0.05, 0) is 36.1 Å². The van der Waals surface area contributed by atoms with Crippen molar-refractivity contribution in [1.29, 1.82) is 0 Å². The first-order chi connectivity index (χ1) is 18.1. The lowest BCUT2D eigenvalue weighted by Gasteiger charge is -2.26. The largest absolute Gasteiger partial charge is 0.469 e. The topological polar surface area (TPSA) is 43.2 Å². The maximum Gasteiger partial charge on any atom is 0.200 e. The third-order valence-electron chi connectivity index (χ3n) is 7.17. The summed E-state index contributed by atoms with van der Waals surface area (Å²) in [5.41, 5.74) is 3.81. The molecule has 2 heterocycles. The Kier molecular flexibility index (Phi) is 6.09. The molecule has 2 aliphatic rings. The van der Waals surface area contributed by atoms with Gasteiger partial charge >= 0.3 is 0 Å². The van der Waals surface area contributed by atoms with E-state index in [4.69, 9.17) is 19.5 Å². The van der Waals surface area contributed by atoms with E-state index in [0.717, 1.165) is 22.3 Å². The lowest BCUT2D eigenvalue weighted by molar-refractivity contribution is 0.162. The van der Waals surface area contributed by atoms with Crippen LogP contribution in [0.3, 0.4) is 0 Å². The second-order valence-corrected chi connectivity index (χ2v) is 10.1. The normalized spacial score (nSPS) is 23.1. The Labute approximate surface area is 218 Å². The average Bonchev–Trinajstić information content (AvgIpc) is 3.62. The first-order valence-corrected chi connectivity index (χ1v) is 12.8. The summed E-state index contributed by atoms with van der Waals surface area (Å²) in [6.45, 7) is 4.19. The summed E-state index contributed by atoms with van der Waals surface area (Å²) in [5, 5.41) is 0. The van der Waals surface area contributed by atoms with Gasteiger partial charge in [0.25, 0.3) is 0 Å². The van der Waals surface area contributed by atoms with E-state index in [-0.39, 0.29) is 24.3 Å². The number of nitrogens with zero attached hydrogens (tertiary/aromatic N) is 2. The molecule has 4 heteroatoms. The number of hydrogen-bond acceptors (Lipinski definition) is 4. The summed E-state index contributed by atoms with van der Waals surface area (Å²) in [5.74, 6) is 1.30. The van der Waals surface area contributed by atoms with Gasteiger partial charge in [0.2, 0.25) is 0 Å². The van der Waals surface area contributed by atoms with Gasteiger partial charge in [-0.1, -0.05) is 121 Å². The third-order valence-corrected chi connectivity index (χ3v) is 7.17. The van der Waals surface area contributed by atoms with E-state index < -0.39 is 5.41 Å². The number of benzene rings is 4. The molecular weight excluding hydrogens is 456 g/mol. The highest BCUT2D eigenvalue weighted by atomic mass is 16.5.